The number of aromatic nitrogens is 4. The SMILES string of the molecule is COc1ccc(NC(=O)N2CCN(c3nc(N)nc4scnc34)C(C)C2)c(C)n1. The lowest BCUT2D eigenvalue weighted by Gasteiger charge is -2.40. The molecule has 1 fully saturated rings. The molecule has 11 heteroatoms. The van der Waals surface area contributed by atoms with E-state index in [1.165, 1.54) is 11.3 Å². The minimum atomic E-state index is -0.160. The third kappa shape index (κ3) is 3.73. The molecule has 1 unspecified atom stereocenters. The molecule has 10 nitrogen and oxygen atoms in total. The van der Waals surface area contributed by atoms with E-state index in [9.17, 15) is 4.79 Å². The molecule has 29 heavy (non-hydrogen) atoms. The lowest BCUT2D eigenvalue weighted by Crippen LogP contribution is -2.55. The molecule has 0 bridgehead atoms. The molecular formula is C18H22N8O2S. The lowest BCUT2D eigenvalue weighted by molar-refractivity contribution is 0.200. The molecule has 4 rings (SSSR count). The normalized spacial score (nSPS) is 16.9. The van der Waals surface area contributed by atoms with Crippen molar-refractivity contribution in [2.24, 2.45) is 0 Å². The van der Waals surface area contributed by atoms with Gasteiger partial charge in [-0.25, -0.2) is 19.7 Å². The van der Waals surface area contributed by atoms with Crippen LogP contribution in [0.4, 0.5) is 22.2 Å². The maximum absolute atomic E-state index is 12.8. The number of thiazole rings is 1. The van der Waals surface area contributed by atoms with E-state index in [4.69, 9.17) is 10.5 Å². The number of aryl methyl sites for hydroxylation is 1. The molecule has 0 radical (unpaired) electrons. The number of nitrogens with one attached hydrogen (secondary N) is 1. The summed E-state index contributed by atoms with van der Waals surface area (Å²) in [6.45, 7) is 5.60. The highest BCUT2D eigenvalue weighted by Gasteiger charge is 2.29. The Morgan fingerprint density at radius 3 is 2.86 bits per heavy atom. The van der Waals surface area contributed by atoms with Gasteiger partial charge in [-0.05, 0) is 19.9 Å². The highest BCUT2D eigenvalue weighted by atomic mass is 32.1. The molecule has 0 aromatic carbocycles. The summed E-state index contributed by atoms with van der Waals surface area (Å²) in [6.07, 6.45) is 0. The maximum atomic E-state index is 12.8. The van der Waals surface area contributed by atoms with Gasteiger partial charge in [-0.15, -0.1) is 11.3 Å². The predicted octanol–water partition coefficient (Wildman–Crippen LogP) is 2.12. The summed E-state index contributed by atoms with van der Waals surface area (Å²) >= 11 is 1.43. The second-order valence-corrected chi connectivity index (χ2v) is 7.65. The number of fused-ring (bicyclic) bond motifs is 1. The standard InChI is InChI=1S/C18H22N8O2S/c1-10-8-25(18(27)22-12-4-5-13(28-3)21-11(12)2)6-7-26(10)15-14-16(29-9-20-14)24-17(19)23-15/h4-5,9-10H,6-8H2,1-3H3,(H,22,27)(H2,19,23,24). The van der Waals surface area contributed by atoms with Gasteiger partial charge in [0.15, 0.2) is 10.6 Å². The van der Waals surface area contributed by atoms with Crippen molar-refractivity contribution >= 4 is 45.2 Å². The molecule has 0 spiro atoms. The van der Waals surface area contributed by atoms with Gasteiger partial charge in [-0.2, -0.15) is 4.98 Å². The molecule has 4 heterocycles. The van der Waals surface area contributed by atoms with Crippen molar-refractivity contribution in [1.29, 1.82) is 0 Å². The van der Waals surface area contributed by atoms with Crippen LogP contribution >= 0.6 is 11.3 Å². The van der Waals surface area contributed by atoms with E-state index in [-0.39, 0.29) is 18.0 Å². The number of rotatable bonds is 3. The highest BCUT2D eigenvalue weighted by molar-refractivity contribution is 7.16. The van der Waals surface area contributed by atoms with Gasteiger partial charge in [0.25, 0.3) is 0 Å². The number of nitrogens with two attached hydrogens (primary N) is 1. The summed E-state index contributed by atoms with van der Waals surface area (Å²) in [7, 11) is 1.56. The molecule has 0 saturated carbocycles. The molecular weight excluding hydrogens is 392 g/mol. The smallest absolute Gasteiger partial charge is 0.322 e. The Kier molecular flexibility index (Phi) is 5.05. The van der Waals surface area contributed by atoms with Crippen LogP contribution in [0.5, 0.6) is 5.88 Å². The largest absolute Gasteiger partial charge is 0.481 e. The molecule has 3 aromatic heterocycles. The van der Waals surface area contributed by atoms with Crippen LogP contribution in [0.15, 0.2) is 17.6 Å². The van der Waals surface area contributed by atoms with Crippen LogP contribution < -0.4 is 20.7 Å². The van der Waals surface area contributed by atoms with Crippen molar-refractivity contribution in [3.05, 3.63) is 23.3 Å². The second kappa shape index (κ2) is 7.66. The van der Waals surface area contributed by atoms with E-state index in [2.05, 4.69) is 37.1 Å². The van der Waals surface area contributed by atoms with Crippen molar-refractivity contribution in [3.8, 4) is 5.88 Å². The van der Waals surface area contributed by atoms with E-state index in [0.717, 1.165) is 16.2 Å². The summed E-state index contributed by atoms with van der Waals surface area (Å²) < 4.78 is 5.11. The number of carbonyl (C=O) groups excluding carboxylic acids is 1. The number of anilines is 3. The fraction of sp³-hybridized carbons (Fsp3) is 0.389. The van der Waals surface area contributed by atoms with E-state index < -0.39 is 0 Å². The van der Waals surface area contributed by atoms with E-state index in [0.29, 0.717) is 36.9 Å². The van der Waals surface area contributed by atoms with Crippen LogP contribution in [0.1, 0.15) is 12.6 Å². The topological polar surface area (TPSA) is 122 Å². The van der Waals surface area contributed by atoms with Gasteiger partial charge in [0.05, 0.1) is 24.0 Å². The predicted molar refractivity (Wildman–Crippen MR) is 113 cm³/mol. The fourth-order valence-electron chi connectivity index (χ4n) is 3.40. The molecule has 1 aliphatic rings. The Bertz CT molecular complexity index is 1060. The lowest BCUT2D eigenvalue weighted by atomic mass is 10.2. The number of nitrogen functional groups attached to an aromatic ring is 1. The molecule has 3 aromatic rings. The van der Waals surface area contributed by atoms with Crippen LogP contribution in [0.25, 0.3) is 10.3 Å². The van der Waals surface area contributed by atoms with Gasteiger partial charge < -0.3 is 25.6 Å². The van der Waals surface area contributed by atoms with E-state index in [1.807, 2.05) is 6.92 Å². The number of methoxy groups -OCH3 is 1. The number of piperazine rings is 1. The van der Waals surface area contributed by atoms with Gasteiger partial charge in [0.1, 0.15) is 5.52 Å². The number of amides is 2. The van der Waals surface area contributed by atoms with E-state index in [1.54, 1.807) is 29.7 Å². The average Bonchev–Trinajstić information content (AvgIpc) is 3.17. The van der Waals surface area contributed by atoms with Crippen molar-refractivity contribution in [2.75, 3.05) is 42.7 Å². The number of ether oxygens (including phenoxy) is 1. The Labute approximate surface area is 171 Å². The summed E-state index contributed by atoms with van der Waals surface area (Å²) in [4.78, 5) is 34.8. The van der Waals surface area contributed by atoms with Crippen LogP contribution in [-0.2, 0) is 0 Å². The quantitative estimate of drug-likeness (QED) is 0.668. The minimum absolute atomic E-state index is 0.0452. The third-order valence-electron chi connectivity index (χ3n) is 4.89. The van der Waals surface area contributed by atoms with Crippen molar-refractivity contribution in [1.82, 2.24) is 24.8 Å². The summed E-state index contributed by atoms with van der Waals surface area (Å²) in [6, 6.07) is 3.40. The zero-order valence-electron chi connectivity index (χ0n) is 16.4. The molecule has 1 saturated heterocycles. The van der Waals surface area contributed by atoms with Crippen molar-refractivity contribution < 1.29 is 9.53 Å². The number of urea groups is 1. The van der Waals surface area contributed by atoms with Gasteiger partial charge >= 0.3 is 6.03 Å². The van der Waals surface area contributed by atoms with Gasteiger partial charge in [-0.3, -0.25) is 0 Å². The first-order valence-electron chi connectivity index (χ1n) is 9.17. The first-order valence-corrected chi connectivity index (χ1v) is 10.0. The van der Waals surface area contributed by atoms with Gasteiger partial charge in [0.2, 0.25) is 11.8 Å². The zero-order valence-corrected chi connectivity index (χ0v) is 17.2. The second-order valence-electron chi connectivity index (χ2n) is 6.82. The van der Waals surface area contributed by atoms with Crippen LogP contribution in [0.2, 0.25) is 0 Å². The average molecular weight is 414 g/mol. The molecule has 152 valence electrons. The Balaban J connectivity index is 1.47. The Morgan fingerprint density at radius 1 is 1.31 bits per heavy atom. The van der Waals surface area contributed by atoms with E-state index >= 15 is 0 Å². The fourth-order valence-corrected chi connectivity index (χ4v) is 4.06. The summed E-state index contributed by atoms with van der Waals surface area (Å²) in [5, 5.41) is 2.94. The monoisotopic (exact) mass is 414 g/mol. The number of hydrogen-bond donors (Lipinski definition) is 2. The van der Waals surface area contributed by atoms with Gasteiger partial charge in [0, 0.05) is 31.7 Å². The molecule has 1 atom stereocenters. The Morgan fingerprint density at radius 2 is 2.14 bits per heavy atom. The number of carbonyl (C=O) groups is 1. The van der Waals surface area contributed by atoms with Gasteiger partial charge in [-0.1, -0.05) is 0 Å². The highest BCUT2D eigenvalue weighted by Crippen LogP contribution is 2.29. The van der Waals surface area contributed by atoms with Crippen LogP contribution in [-0.4, -0.2) is 63.7 Å². The first-order chi connectivity index (χ1) is 14.0. The summed E-state index contributed by atoms with van der Waals surface area (Å²) in [5.74, 6) is 1.46. The molecule has 0 aliphatic carbocycles. The Hall–Kier alpha value is -3.21. The number of nitrogens with zero attached hydrogens (tertiary/aromatic N) is 6. The zero-order chi connectivity index (χ0) is 20.5. The maximum Gasteiger partial charge on any atom is 0.322 e. The van der Waals surface area contributed by atoms with Crippen molar-refractivity contribution in [3.63, 3.8) is 0 Å². The molecule has 2 amide bonds. The number of pyridine rings is 1. The minimum Gasteiger partial charge on any atom is -0.481 e. The van der Waals surface area contributed by atoms with Crippen LogP contribution in [0, 0.1) is 6.92 Å². The molecule has 1 aliphatic heterocycles. The summed E-state index contributed by atoms with van der Waals surface area (Å²) in [5.41, 5.74) is 9.72. The van der Waals surface area contributed by atoms with Crippen LogP contribution in [0.3, 0.4) is 0 Å². The van der Waals surface area contributed by atoms with Crippen molar-refractivity contribution in [2.45, 2.75) is 19.9 Å². The first kappa shape index (κ1) is 19.1. The third-order valence-corrected chi connectivity index (χ3v) is 5.61. The number of hydrogen-bond acceptors (Lipinski definition) is 9. The molecule has 3 N–H and O–H groups in total.